The molecule has 194 valence electrons. The number of benzene rings is 1. The van der Waals surface area contributed by atoms with E-state index < -0.39 is 41.1 Å². The third-order valence-corrected chi connectivity index (χ3v) is 5.13. The molecule has 2 atom stereocenters. The minimum atomic E-state index is -1.05. The van der Waals surface area contributed by atoms with Gasteiger partial charge in [0.25, 0.3) is 0 Å². The van der Waals surface area contributed by atoms with Gasteiger partial charge in [-0.05, 0) is 84.4 Å². The molecule has 0 bridgehead atoms. The molecule has 0 heterocycles. The lowest BCUT2D eigenvalue weighted by atomic mass is 9.96. The van der Waals surface area contributed by atoms with Crippen LogP contribution >= 0.6 is 0 Å². The highest BCUT2D eigenvalue weighted by atomic mass is 16.6. The minimum absolute atomic E-state index is 0.0614. The molecule has 0 saturated carbocycles. The number of nitriles is 1. The van der Waals surface area contributed by atoms with E-state index in [9.17, 15) is 19.6 Å². The first-order valence-electron chi connectivity index (χ1n) is 12.0. The maximum absolute atomic E-state index is 13.8. The van der Waals surface area contributed by atoms with Crippen molar-refractivity contribution in [2.24, 2.45) is 5.92 Å². The van der Waals surface area contributed by atoms with Gasteiger partial charge in [-0.25, -0.2) is 4.79 Å². The van der Waals surface area contributed by atoms with Gasteiger partial charge in [-0.15, -0.1) is 0 Å². The zero-order valence-corrected chi connectivity index (χ0v) is 22.9. The van der Waals surface area contributed by atoms with Crippen molar-refractivity contribution in [3.8, 4) is 6.07 Å². The van der Waals surface area contributed by atoms with E-state index >= 15 is 0 Å². The molecule has 1 rings (SSSR count). The number of aryl methyl sites for hydroxylation is 2. The number of nitrogens with one attached hydrogen (secondary N) is 2. The quantitative estimate of drug-likeness (QED) is 0.524. The fraction of sp³-hybridized carbons (Fsp3) is 0.630. The van der Waals surface area contributed by atoms with Crippen molar-refractivity contribution in [2.75, 3.05) is 6.54 Å². The van der Waals surface area contributed by atoms with E-state index in [1.807, 2.05) is 66.7 Å². The van der Waals surface area contributed by atoms with Gasteiger partial charge in [0.2, 0.25) is 11.8 Å². The Bertz CT molecular complexity index is 951. The molecule has 1 aromatic carbocycles. The van der Waals surface area contributed by atoms with Crippen molar-refractivity contribution in [3.05, 3.63) is 34.9 Å². The molecule has 0 spiro atoms. The molecule has 0 aliphatic rings. The smallest absolute Gasteiger partial charge is 0.408 e. The van der Waals surface area contributed by atoms with Gasteiger partial charge in [-0.3, -0.25) is 9.59 Å². The molecule has 0 aromatic heterocycles. The summed E-state index contributed by atoms with van der Waals surface area (Å²) in [5.74, 6) is -0.852. The summed E-state index contributed by atoms with van der Waals surface area (Å²) in [5.41, 5.74) is 1.31. The molecule has 2 N–H and O–H groups in total. The van der Waals surface area contributed by atoms with Gasteiger partial charge in [0.05, 0.1) is 6.07 Å². The van der Waals surface area contributed by atoms with Crippen LogP contribution in [-0.4, -0.2) is 46.5 Å². The van der Waals surface area contributed by atoms with E-state index in [0.717, 1.165) is 11.1 Å². The van der Waals surface area contributed by atoms with Crippen LogP contribution in [0, 0.1) is 31.1 Å². The second-order valence-electron chi connectivity index (χ2n) is 11.4. The number of hydrogen-bond acceptors (Lipinski definition) is 5. The highest BCUT2D eigenvalue weighted by Crippen LogP contribution is 2.26. The van der Waals surface area contributed by atoms with Gasteiger partial charge in [0.1, 0.15) is 24.2 Å². The van der Waals surface area contributed by atoms with E-state index in [2.05, 4.69) is 10.6 Å². The Morgan fingerprint density at radius 2 is 1.66 bits per heavy atom. The highest BCUT2D eigenvalue weighted by molar-refractivity contribution is 5.92. The number of amides is 3. The van der Waals surface area contributed by atoms with Crippen molar-refractivity contribution in [1.82, 2.24) is 15.5 Å². The molecule has 2 unspecified atom stereocenters. The van der Waals surface area contributed by atoms with Crippen LogP contribution in [0.4, 0.5) is 4.79 Å². The van der Waals surface area contributed by atoms with E-state index in [4.69, 9.17) is 4.74 Å². The molecule has 0 radical (unpaired) electrons. The van der Waals surface area contributed by atoms with Crippen molar-refractivity contribution >= 4 is 17.9 Å². The second-order valence-corrected chi connectivity index (χ2v) is 11.4. The summed E-state index contributed by atoms with van der Waals surface area (Å²) in [6.07, 6.45) is -0.407. The standard InChI is InChI=1S/C27H42N4O4/c1-17(2)15-21(29-25(34)35-27(8,9)10)24(33)31(14-13-28)22(23(32)30-26(5,6)7)20-12-11-18(3)19(4)16-20/h11-12,16-17,21-22H,14-15H2,1-10H3,(H,29,34)(H,30,32). The van der Waals surface area contributed by atoms with Crippen molar-refractivity contribution in [2.45, 2.75) is 98.9 Å². The van der Waals surface area contributed by atoms with Crippen LogP contribution in [0.15, 0.2) is 18.2 Å². The van der Waals surface area contributed by atoms with Crippen LogP contribution < -0.4 is 10.6 Å². The van der Waals surface area contributed by atoms with E-state index in [-0.39, 0.29) is 12.5 Å². The summed E-state index contributed by atoms with van der Waals surface area (Å²) in [5, 5.41) is 15.2. The average molecular weight is 487 g/mol. The first-order valence-corrected chi connectivity index (χ1v) is 12.0. The van der Waals surface area contributed by atoms with Crippen molar-refractivity contribution in [3.63, 3.8) is 0 Å². The van der Waals surface area contributed by atoms with Crippen LogP contribution in [0.2, 0.25) is 0 Å². The number of hydrogen-bond donors (Lipinski definition) is 2. The third-order valence-electron chi connectivity index (χ3n) is 5.13. The predicted octanol–water partition coefficient (Wildman–Crippen LogP) is 4.55. The zero-order valence-electron chi connectivity index (χ0n) is 22.9. The molecule has 0 fully saturated rings. The maximum Gasteiger partial charge on any atom is 0.408 e. The zero-order chi connectivity index (χ0) is 27.1. The van der Waals surface area contributed by atoms with E-state index in [1.165, 1.54) is 4.90 Å². The van der Waals surface area contributed by atoms with E-state index in [1.54, 1.807) is 26.8 Å². The lowest BCUT2D eigenvalue weighted by Gasteiger charge is -2.35. The normalized spacial score (nSPS) is 13.4. The van der Waals surface area contributed by atoms with Crippen molar-refractivity contribution in [1.29, 1.82) is 5.26 Å². The first kappa shape index (κ1) is 30.0. The molecule has 3 amide bonds. The summed E-state index contributed by atoms with van der Waals surface area (Å²) >= 11 is 0. The Morgan fingerprint density at radius 3 is 2.11 bits per heavy atom. The number of nitrogens with zero attached hydrogens (tertiary/aromatic N) is 2. The lowest BCUT2D eigenvalue weighted by molar-refractivity contribution is -0.142. The van der Waals surface area contributed by atoms with Gasteiger partial charge < -0.3 is 20.3 Å². The number of alkyl carbamates (subject to hydrolysis) is 1. The Hall–Kier alpha value is -3.08. The number of rotatable bonds is 8. The van der Waals surface area contributed by atoms with Crippen LogP contribution in [-0.2, 0) is 14.3 Å². The van der Waals surface area contributed by atoms with Crippen LogP contribution in [0.3, 0.4) is 0 Å². The van der Waals surface area contributed by atoms with E-state index in [0.29, 0.717) is 12.0 Å². The lowest BCUT2D eigenvalue weighted by Crippen LogP contribution is -2.55. The molecule has 1 aromatic rings. The van der Waals surface area contributed by atoms with Gasteiger partial charge in [0, 0.05) is 5.54 Å². The molecular weight excluding hydrogens is 444 g/mol. The Kier molecular flexibility index (Phi) is 10.3. The molecule has 35 heavy (non-hydrogen) atoms. The van der Waals surface area contributed by atoms with Crippen molar-refractivity contribution < 1.29 is 19.1 Å². The fourth-order valence-corrected chi connectivity index (χ4v) is 3.56. The van der Waals surface area contributed by atoms with Crippen LogP contribution in [0.1, 0.15) is 84.5 Å². The number of ether oxygens (including phenoxy) is 1. The monoisotopic (exact) mass is 486 g/mol. The molecular formula is C27H42N4O4. The van der Waals surface area contributed by atoms with Gasteiger partial charge >= 0.3 is 6.09 Å². The maximum atomic E-state index is 13.8. The van der Waals surface area contributed by atoms with Gasteiger partial charge in [-0.2, -0.15) is 5.26 Å². The largest absolute Gasteiger partial charge is 0.444 e. The minimum Gasteiger partial charge on any atom is -0.444 e. The predicted molar refractivity (Wildman–Crippen MR) is 136 cm³/mol. The fourth-order valence-electron chi connectivity index (χ4n) is 3.56. The summed E-state index contributed by atoms with van der Waals surface area (Å²) in [4.78, 5) is 41.1. The second kappa shape index (κ2) is 12.1. The number of carbonyl (C=O) groups excluding carboxylic acids is 3. The molecule has 0 aliphatic heterocycles. The number of carbonyl (C=O) groups is 3. The van der Waals surface area contributed by atoms with Crippen LogP contribution in [0.25, 0.3) is 0 Å². The van der Waals surface area contributed by atoms with Gasteiger partial charge in [0.15, 0.2) is 0 Å². The Morgan fingerprint density at radius 1 is 1.06 bits per heavy atom. The summed E-state index contributed by atoms with van der Waals surface area (Å²) < 4.78 is 5.36. The SMILES string of the molecule is Cc1ccc(C(C(=O)NC(C)(C)C)N(CC#N)C(=O)C(CC(C)C)NC(=O)OC(C)(C)C)cc1C. The molecule has 8 nitrogen and oxygen atoms in total. The highest BCUT2D eigenvalue weighted by Gasteiger charge is 2.37. The topological polar surface area (TPSA) is 112 Å². The first-order chi connectivity index (χ1) is 15.9. The van der Waals surface area contributed by atoms with Crippen LogP contribution in [0.5, 0.6) is 0 Å². The Labute approximate surface area is 210 Å². The average Bonchev–Trinajstić information content (AvgIpc) is 2.66. The molecule has 0 aliphatic carbocycles. The van der Waals surface area contributed by atoms with Gasteiger partial charge in [-0.1, -0.05) is 32.0 Å². The molecule has 8 heteroatoms. The summed E-state index contributed by atoms with van der Waals surface area (Å²) in [6, 6.07) is 5.56. The Balaban J connectivity index is 3.52. The molecule has 0 saturated heterocycles. The summed E-state index contributed by atoms with van der Waals surface area (Å²) in [7, 11) is 0. The third kappa shape index (κ3) is 9.97. The summed E-state index contributed by atoms with van der Waals surface area (Å²) in [6.45, 7) is 18.2.